The van der Waals surface area contributed by atoms with Crippen LogP contribution in [0, 0.1) is 0 Å². The summed E-state index contributed by atoms with van der Waals surface area (Å²) in [4.78, 5) is 0. The SMILES string of the molecule is CC(NS(=O)(=O)c1c(Br)nnn1C)c1nncn1C. The number of sulfonamides is 1. The minimum absolute atomic E-state index is 0.0403. The van der Waals surface area contributed by atoms with Crippen molar-refractivity contribution in [1.29, 1.82) is 0 Å². The molecule has 2 aromatic heterocycles. The van der Waals surface area contributed by atoms with Crippen LogP contribution in [0.1, 0.15) is 18.8 Å². The third-order valence-corrected chi connectivity index (χ3v) is 4.88. The summed E-state index contributed by atoms with van der Waals surface area (Å²) < 4.78 is 30.0. The van der Waals surface area contributed by atoms with Gasteiger partial charge in [-0.3, -0.25) is 0 Å². The average molecular weight is 350 g/mol. The van der Waals surface area contributed by atoms with Gasteiger partial charge < -0.3 is 4.57 Å². The van der Waals surface area contributed by atoms with Crippen LogP contribution in [-0.4, -0.2) is 38.2 Å². The Labute approximate surface area is 118 Å². The van der Waals surface area contributed by atoms with E-state index < -0.39 is 16.1 Å². The number of aromatic nitrogens is 6. The lowest BCUT2D eigenvalue weighted by Gasteiger charge is -2.13. The van der Waals surface area contributed by atoms with Gasteiger partial charge in [0.1, 0.15) is 12.2 Å². The van der Waals surface area contributed by atoms with Gasteiger partial charge in [0.05, 0.1) is 6.04 Å². The molecule has 0 amide bonds. The zero-order valence-electron chi connectivity index (χ0n) is 10.4. The highest BCUT2D eigenvalue weighted by Crippen LogP contribution is 2.20. The Morgan fingerprint density at radius 2 is 2.05 bits per heavy atom. The average Bonchev–Trinajstić information content (AvgIpc) is 2.84. The van der Waals surface area contributed by atoms with Crippen LogP contribution < -0.4 is 4.72 Å². The normalized spacial score (nSPS) is 13.7. The van der Waals surface area contributed by atoms with Gasteiger partial charge in [-0.05, 0) is 22.9 Å². The summed E-state index contributed by atoms with van der Waals surface area (Å²) in [7, 11) is -0.523. The second-order valence-corrected chi connectivity index (χ2v) is 6.33. The molecule has 1 unspecified atom stereocenters. The fraction of sp³-hybridized carbons (Fsp3) is 0.500. The van der Waals surface area contributed by atoms with E-state index in [4.69, 9.17) is 0 Å². The summed E-state index contributed by atoms with van der Waals surface area (Å²) in [6, 6.07) is -0.528. The molecule has 1 N–H and O–H groups in total. The van der Waals surface area contributed by atoms with E-state index in [0.29, 0.717) is 5.82 Å². The van der Waals surface area contributed by atoms with E-state index >= 15 is 0 Å². The summed E-state index contributed by atoms with van der Waals surface area (Å²) in [5, 5.41) is 14.8. The topological polar surface area (TPSA) is 108 Å². The first kappa shape index (κ1) is 14.1. The molecule has 9 nitrogen and oxygen atoms in total. The monoisotopic (exact) mass is 349 g/mol. The molecule has 0 aromatic carbocycles. The van der Waals surface area contributed by atoms with Crippen LogP contribution >= 0.6 is 15.9 Å². The number of hydrogen-bond acceptors (Lipinski definition) is 6. The molecule has 0 spiro atoms. The molecule has 0 radical (unpaired) electrons. The van der Waals surface area contributed by atoms with Crippen LogP contribution in [0.5, 0.6) is 0 Å². The number of nitrogens with one attached hydrogen (secondary N) is 1. The van der Waals surface area contributed by atoms with Gasteiger partial charge in [0.15, 0.2) is 4.60 Å². The Bertz CT molecular complexity index is 672. The molecule has 0 aliphatic rings. The number of hydrogen-bond donors (Lipinski definition) is 1. The van der Waals surface area contributed by atoms with Gasteiger partial charge >= 0.3 is 0 Å². The van der Waals surface area contributed by atoms with Crippen molar-refractivity contribution < 1.29 is 8.42 Å². The van der Waals surface area contributed by atoms with Gasteiger partial charge in [-0.2, -0.15) is 4.72 Å². The quantitative estimate of drug-likeness (QED) is 0.815. The first-order chi connectivity index (χ1) is 8.83. The van der Waals surface area contributed by atoms with Crippen LogP contribution in [0.3, 0.4) is 0 Å². The zero-order chi connectivity index (χ0) is 14.2. The maximum atomic E-state index is 12.3. The summed E-state index contributed by atoms with van der Waals surface area (Å²) in [6.45, 7) is 1.68. The minimum atomic E-state index is -3.76. The molecule has 0 fully saturated rings. The van der Waals surface area contributed by atoms with Crippen molar-refractivity contribution >= 4 is 26.0 Å². The Hall–Kier alpha value is -1.33. The number of nitrogens with zero attached hydrogens (tertiary/aromatic N) is 6. The van der Waals surface area contributed by atoms with Crippen LogP contribution in [0.15, 0.2) is 16.0 Å². The lowest BCUT2D eigenvalue weighted by molar-refractivity contribution is 0.537. The lowest BCUT2D eigenvalue weighted by atomic mass is 10.3. The first-order valence-corrected chi connectivity index (χ1v) is 7.52. The molecule has 2 heterocycles. The first-order valence-electron chi connectivity index (χ1n) is 5.24. The highest BCUT2D eigenvalue weighted by atomic mass is 79.9. The number of halogens is 1. The largest absolute Gasteiger partial charge is 0.319 e. The molecule has 19 heavy (non-hydrogen) atoms. The Kier molecular flexibility index (Phi) is 3.69. The van der Waals surface area contributed by atoms with Crippen molar-refractivity contribution in [1.82, 2.24) is 34.5 Å². The van der Waals surface area contributed by atoms with E-state index in [0.717, 1.165) is 0 Å². The lowest BCUT2D eigenvalue weighted by Crippen LogP contribution is -2.30. The fourth-order valence-corrected chi connectivity index (χ4v) is 3.93. The molecule has 0 saturated heterocycles. The summed E-state index contributed by atoms with van der Waals surface area (Å²) in [5.74, 6) is 0.509. The predicted molar refractivity (Wildman–Crippen MR) is 68.4 cm³/mol. The van der Waals surface area contributed by atoms with Crippen molar-refractivity contribution in [2.45, 2.75) is 18.0 Å². The molecule has 1 atom stereocenters. The fourth-order valence-electron chi connectivity index (χ4n) is 1.63. The summed E-state index contributed by atoms with van der Waals surface area (Å²) in [5.41, 5.74) is 0. The standard InChI is InChI=1S/C8H12BrN7O2S/c1-5(7-12-10-4-15(7)2)13-19(17,18)8-6(9)11-14-16(8)3/h4-5,13H,1-3H3. The highest BCUT2D eigenvalue weighted by Gasteiger charge is 2.27. The Morgan fingerprint density at radius 3 is 2.53 bits per heavy atom. The molecule has 0 bridgehead atoms. The van der Waals surface area contributed by atoms with Crippen LogP contribution in [0.2, 0.25) is 0 Å². The van der Waals surface area contributed by atoms with Crippen LogP contribution in [0.4, 0.5) is 0 Å². The van der Waals surface area contributed by atoms with Gasteiger partial charge in [-0.25, -0.2) is 13.1 Å². The van der Waals surface area contributed by atoms with E-state index in [9.17, 15) is 8.42 Å². The van der Waals surface area contributed by atoms with Crippen molar-refractivity contribution in [3.05, 3.63) is 16.8 Å². The third kappa shape index (κ3) is 2.67. The second kappa shape index (κ2) is 4.98. The van der Waals surface area contributed by atoms with Gasteiger partial charge in [-0.15, -0.1) is 15.3 Å². The smallest absolute Gasteiger partial charge is 0.261 e. The maximum absolute atomic E-state index is 12.3. The Morgan fingerprint density at radius 1 is 1.37 bits per heavy atom. The van der Waals surface area contributed by atoms with Gasteiger partial charge in [0.2, 0.25) is 5.03 Å². The summed E-state index contributed by atoms with van der Waals surface area (Å²) >= 11 is 3.06. The molecular formula is C8H12BrN7O2S. The van der Waals surface area contributed by atoms with E-state index in [1.165, 1.54) is 18.1 Å². The molecule has 0 saturated carbocycles. The van der Waals surface area contributed by atoms with E-state index in [-0.39, 0.29) is 9.63 Å². The van der Waals surface area contributed by atoms with Gasteiger partial charge in [-0.1, -0.05) is 5.21 Å². The molecule has 0 aliphatic carbocycles. The number of rotatable bonds is 4. The van der Waals surface area contributed by atoms with Gasteiger partial charge in [0.25, 0.3) is 10.0 Å². The van der Waals surface area contributed by atoms with Crippen LogP contribution in [-0.2, 0) is 24.1 Å². The van der Waals surface area contributed by atoms with Gasteiger partial charge in [0, 0.05) is 14.1 Å². The van der Waals surface area contributed by atoms with Crippen molar-refractivity contribution in [3.8, 4) is 0 Å². The van der Waals surface area contributed by atoms with E-state index in [1.54, 1.807) is 18.5 Å². The molecule has 104 valence electrons. The minimum Gasteiger partial charge on any atom is -0.319 e. The Balaban J connectivity index is 2.31. The van der Waals surface area contributed by atoms with Crippen molar-refractivity contribution in [3.63, 3.8) is 0 Å². The highest BCUT2D eigenvalue weighted by molar-refractivity contribution is 9.10. The van der Waals surface area contributed by atoms with Crippen molar-refractivity contribution in [2.24, 2.45) is 14.1 Å². The third-order valence-electron chi connectivity index (χ3n) is 2.46. The zero-order valence-corrected chi connectivity index (χ0v) is 12.8. The molecule has 0 aliphatic heterocycles. The molecule has 2 rings (SSSR count). The van der Waals surface area contributed by atoms with E-state index in [2.05, 4.69) is 41.2 Å². The maximum Gasteiger partial charge on any atom is 0.261 e. The second-order valence-electron chi connectivity index (χ2n) is 3.95. The molecule has 2 aromatic rings. The van der Waals surface area contributed by atoms with E-state index in [1.807, 2.05) is 0 Å². The molecular weight excluding hydrogens is 338 g/mol. The number of aryl methyl sites for hydroxylation is 2. The van der Waals surface area contributed by atoms with Crippen molar-refractivity contribution in [2.75, 3.05) is 0 Å². The predicted octanol–water partition coefficient (Wildman–Crippen LogP) is -0.254. The summed E-state index contributed by atoms with van der Waals surface area (Å²) in [6.07, 6.45) is 1.50. The van der Waals surface area contributed by atoms with Crippen LogP contribution in [0.25, 0.3) is 0 Å². The molecule has 11 heteroatoms.